The average Bonchev–Trinajstić information content (AvgIpc) is 3.02. The Morgan fingerprint density at radius 2 is 1.68 bits per heavy atom. The van der Waals surface area contributed by atoms with Gasteiger partial charge < -0.3 is 5.32 Å². The average molecular weight is 547 g/mol. The SMILES string of the molecule is C=N/C(=C\C=C(/CCC)N=C(C)c1ccccc1)C1CCCC(c2ccc(NC(=O)c3ccccc3)c(CC)n2)C1. The van der Waals surface area contributed by atoms with E-state index in [1.165, 1.54) is 0 Å². The number of aryl methyl sites for hydroxylation is 1. The molecule has 3 aromatic rings. The van der Waals surface area contributed by atoms with E-state index in [2.05, 4.69) is 68.1 Å². The van der Waals surface area contributed by atoms with Crippen LogP contribution >= 0.6 is 0 Å². The molecule has 1 aliphatic rings. The molecule has 5 heteroatoms. The zero-order valence-electron chi connectivity index (χ0n) is 24.6. The van der Waals surface area contributed by atoms with E-state index in [1.807, 2.05) is 54.6 Å². The van der Waals surface area contributed by atoms with Crippen molar-refractivity contribution in [1.82, 2.24) is 4.98 Å². The third-order valence-electron chi connectivity index (χ3n) is 7.76. The number of carbonyl (C=O) groups is 1. The minimum Gasteiger partial charge on any atom is -0.320 e. The van der Waals surface area contributed by atoms with E-state index in [4.69, 9.17) is 9.98 Å². The predicted molar refractivity (Wildman–Crippen MR) is 172 cm³/mol. The van der Waals surface area contributed by atoms with Gasteiger partial charge in [0.25, 0.3) is 5.91 Å². The number of hydrogen-bond donors (Lipinski definition) is 1. The van der Waals surface area contributed by atoms with Crippen molar-refractivity contribution in [2.45, 2.75) is 71.6 Å². The molecule has 0 bridgehead atoms. The Morgan fingerprint density at radius 1 is 0.976 bits per heavy atom. The van der Waals surface area contributed by atoms with Crippen LogP contribution in [0.5, 0.6) is 0 Å². The number of pyridine rings is 1. The number of hydrogen-bond acceptors (Lipinski definition) is 4. The standard InChI is InChI=1S/C36H42N4O/c1-5-14-31(38-26(3)27-15-9-7-10-16-27)21-22-33(37-4)29-19-13-20-30(25-29)34-23-24-35(32(6-2)39-34)40-36(41)28-17-11-8-12-18-28/h7-12,15-18,21-24,29-30H,4-6,13-14,19-20,25H2,1-3H3,(H,40,41)/b31-21+,33-22-,38-26?. The molecular weight excluding hydrogens is 504 g/mol. The van der Waals surface area contributed by atoms with Crippen LogP contribution in [0, 0.1) is 5.92 Å². The Morgan fingerprint density at radius 3 is 2.34 bits per heavy atom. The van der Waals surface area contributed by atoms with E-state index in [1.54, 1.807) is 0 Å². The molecule has 0 spiro atoms. The summed E-state index contributed by atoms with van der Waals surface area (Å²) < 4.78 is 0. The van der Waals surface area contributed by atoms with Crippen LogP contribution < -0.4 is 5.32 Å². The summed E-state index contributed by atoms with van der Waals surface area (Å²) in [6.45, 7) is 10.2. The first-order valence-electron chi connectivity index (χ1n) is 14.9. The highest BCUT2D eigenvalue weighted by Crippen LogP contribution is 2.39. The number of carbonyl (C=O) groups excluding carboxylic acids is 1. The molecule has 1 saturated carbocycles. The number of nitrogens with zero attached hydrogens (tertiary/aromatic N) is 3. The van der Waals surface area contributed by atoms with E-state index in [0.29, 0.717) is 17.4 Å². The molecular formula is C36H42N4O. The lowest BCUT2D eigenvalue weighted by atomic mass is 9.78. The van der Waals surface area contributed by atoms with Crippen LogP contribution in [0.2, 0.25) is 0 Å². The van der Waals surface area contributed by atoms with Gasteiger partial charge in [-0.3, -0.25) is 19.8 Å². The molecule has 1 aromatic heterocycles. The minimum atomic E-state index is -0.113. The molecule has 2 atom stereocenters. The zero-order chi connectivity index (χ0) is 29.0. The van der Waals surface area contributed by atoms with Crippen LogP contribution in [0.15, 0.2) is 106 Å². The van der Waals surface area contributed by atoms with Gasteiger partial charge in [-0.15, -0.1) is 0 Å². The van der Waals surface area contributed by atoms with E-state index in [9.17, 15) is 4.79 Å². The molecule has 0 radical (unpaired) electrons. The van der Waals surface area contributed by atoms with E-state index in [-0.39, 0.29) is 5.91 Å². The molecule has 1 aliphatic carbocycles. The fourth-order valence-electron chi connectivity index (χ4n) is 5.53. The number of allylic oxidation sites excluding steroid dienone is 4. The third kappa shape index (κ3) is 8.20. The van der Waals surface area contributed by atoms with E-state index < -0.39 is 0 Å². The van der Waals surface area contributed by atoms with Gasteiger partial charge in [0, 0.05) is 40.2 Å². The topological polar surface area (TPSA) is 66.7 Å². The maximum Gasteiger partial charge on any atom is 0.255 e. The molecule has 5 nitrogen and oxygen atoms in total. The second-order valence-corrected chi connectivity index (χ2v) is 10.7. The van der Waals surface area contributed by atoms with Crippen molar-refractivity contribution in [1.29, 1.82) is 0 Å². The van der Waals surface area contributed by atoms with Crippen molar-refractivity contribution in [3.8, 4) is 0 Å². The lowest BCUT2D eigenvalue weighted by Crippen LogP contribution is -2.18. The Bertz CT molecular complexity index is 1410. The highest BCUT2D eigenvalue weighted by molar-refractivity contribution is 6.04. The number of benzene rings is 2. The quantitative estimate of drug-likeness (QED) is 0.193. The van der Waals surface area contributed by atoms with Crippen LogP contribution in [0.25, 0.3) is 0 Å². The maximum absolute atomic E-state index is 12.7. The minimum absolute atomic E-state index is 0.113. The fraction of sp³-hybridized carbons (Fsp3) is 0.333. The summed E-state index contributed by atoms with van der Waals surface area (Å²) >= 11 is 0. The molecule has 0 aliphatic heterocycles. The van der Waals surface area contributed by atoms with Gasteiger partial charge in [0.2, 0.25) is 0 Å². The highest BCUT2D eigenvalue weighted by Gasteiger charge is 2.27. The van der Waals surface area contributed by atoms with Crippen molar-refractivity contribution < 1.29 is 4.79 Å². The normalized spacial score (nSPS) is 18.2. The van der Waals surface area contributed by atoms with Gasteiger partial charge in [0.05, 0.1) is 11.4 Å². The summed E-state index contributed by atoms with van der Waals surface area (Å²) in [6.07, 6.45) is 11.2. The van der Waals surface area contributed by atoms with Gasteiger partial charge >= 0.3 is 0 Å². The first-order valence-corrected chi connectivity index (χ1v) is 14.9. The number of aromatic nitrogens is 1. The Labute approximate surface area is 245 Å². The van der Waals surface area contributed by atoms with E-state index in [0.717, 1.165) is 84.7 Å². The van der Waals surface area contributed by atoms with Gasteiger partial charge in [-0.25, -0.2) is 0 Å². The van der Waals surface area contributed by atoms with Crippen molar-refractivity contribution in [3.63, 3.8) is 0 Å². The van der Waals surface area contributed by atoms with Crippen LogP contribution in [0.3, 0.4) is 0 Å². The van der Waals surface area contributed by atoms with Gasteiger partial charge in [0.1, 0.15) is 0 Å². The Balaban J connectivity index is 1.50. The highest BCUT2D eigenvalue weighted by atomic mass is 16.1. The lowest BCUT2D eigenvalue weighted by Gasteiger charge is -2.29. The fourth-order valence-corrected chi connectivity index (χ4v) is 5.53. The summed E-state index contributed by atoms with van der Waals surface area (Å²) in [6, 6.07) is 23.7. The van der Waals surface area contributed by atoms with Crippen LogP contribution in [-0.2, 0) is 6.42 Å². The number of rotatable bonds is 11. The maximum atomic E-state index is 12.7. The Kier molecular flexibility index (Phi) is 10.9. The molecule has 1 heterocycles. The second-order valence-electron chi connectivity index (χ2n) is 10.7. The first-order chi connectivity index (χ1) is 20.0. The molecule has 1 fully saturated rings. The summed E-state index contributed by atoms with van der Waals surface area (Å²) in [5, 5.41) is 3.05. The number of aliphatic imine (C=N–C) groups is 2. The van der Waals surface area contributed by atoms with E-state index >= 15 is 0 Å². The van der Waals surface area contributed by atoms with Crippen molar-refractivity contribution in [3.05, 3.63) is 119 Å². The van der Waals surface area contributed by atoms with Gasteiger partial charge in [-0.05, 0) is 87.7 Å². The van der Waals surface area contributed by atoms with Crippen molar-refractivity contribution >= 4 is 24.0 Å². The molecule has 41 heavy (non-hydrogen) atoms. The third-order valence-corrected chi connectivity index (χ3v) is 7.76. The summed E-state index contributed by atoms with van der Waals surface area (Å²) in [7, 11) is 0. The van der Waals surface area contributed by atoms with Gasteiger partial charge in [0.15, 0.2) is 0 Å². The molecule has 212 valence electrons. The smallest absolute Gasteiger partial charge is 0.255 e. The monoisotopic (exact) mass is 546 g/mol. The Hall–Kier alpha value is -4.12. The molecule has 1 N–H and O–H groups in total. The molecule has 2 aromatic carbocycles. The number of nitrogens with one attached hydrogen (secondary N) is 1. The predicted octanol–water partition coefficient (Wildman–Crippen LogP) is 8.95. The summed E-state index contributed by atoms with van der Waals surface area (Å²) in [5.74, 6) is 0.563. The second kappa shape index (κ2) is 15.0. The largest absolute Gasteiger partial charge is 0.320 e. The summed E-state index contributed by atoms with van der Waals surface area (Å²) in [4.78, 5) is 27.2. The van der Waals surface area contributed by atoms with Crippen LogP contribution in [-0.4, -0.2) is 23.3 Å². The summed E-state index contributed by atoms with van der Waals surface area (Å²) in [5.41, 5.74) is 7.69. The molecule has 1 amide bonds. The first kappa shape index (κ1) is 29.9. The lowest BCUT2D eigenvalue weighted by molar-refractivity contribution is 0.102. The van der Waals surface area contributed by atoms with Crippen molar-refractivity contribution in [2.24, 2.45) is 15.9 Å². The molecule has 0 saturated heterocycles. The van der Waals surface area contributed by atoms with Gasteiger partial charge in [-0.2, -0.15) is 0 Å². The molecule has 2 unspecified atom stereocenters. The molecule has 4 rings (SSSR count). The van der Waals surface area contributed by atoms with Crippen LogP contribution in [0.1, 0.15) is 92.5 Å². The zero-order valence-corrected chi connectivity index (χ0v) is 24.6. The van der Waals surface area contributed by atoms with Crippen molar-refractivity contribution in [2.75, 3.05) is 5.32 Å². The number of amides is 1. The van der Waals surface area contributed by atoms with Gasteiger partial charge in [-0.1, -0.05) is 75.2 Å². The number of anilines is 1. The van der Waals surface area contributed by atoms with Crippen LogP contribution in [0.4, 0.5) is 5.69 Å².